The molecule has 0 N–H and O–H groups in total. The Labute approximate surface area is 180 Å². The Bertz CT molecular complexity index is 563. The molecular weight excluding hydrogens is 376 g/mol. The van der Waals surface area contributed by atoms with E-state index in [0.29, 0.717) is 6.10 Å². The molecule has 1 aromatic carbocycles. The fourth-order valence-corrected chi connectivity index (χ4v) is 5.03. The number of ether oxygens (including phenoxy) is 1. The van der Waals surface area contributed by atoms with Gasteiger partial charge in [0.05, 0.1) is 14.2 Å². The topological polar surface area (TPSA) is 9.23 Å². The zero-order valence-corrected chi connectivity index (χ0v) is 20.8. The molecule has 28 heavy (non-hydrogen) atoms. The summed E-state index contributed by atoms with van der Waals surface area (Å²) in [7, 11) is -1.19. The summed E-state index contributed by atoms with van der Waals surface area (Å²) in [5.41, 5.74) is 1.16. The van der Waals surface area contributed by atoms with Crippen molar-refractivity contribution in [1.29, 1.82) is 0 Å². The number of hydrogen-bond donors (Lipinski definition) is 0. The number of hydrogen-bond acceptors (Lipinski definition) is 2. The number of rotatable bonds is 14. The predicted molar refractivity (Wildman–Crippen MR) is 132 cm³/mol. The molecule has 0 aliphatic heterocycles. The second kappa shape index (κ2) is 15.2. The lowest BCUT2D eigenvalue weighted by Gasteiger charge is -2.15. The first kappa shape index (κ1) is 25.3. The maximum absolute atomic E-state index is 5.56. The van der Waals surface area contributed by atoms with Crippen molar-refractivity contribution in [1.82, 2.24) is 0 Å². The molecule has 0 aromatic heterocycles. The van der Waals surface area contributed by atoms with E-state index in [0.717, 1.165) is 18.6 Å². The number of thioether (sulfide) groups is 1. The molecule has 0 atom stereocenters. The van der Waals surface area contributed by atoms with Crippen LogP contribution >= 0.6 is 11.8 Å². The summed E-state index contributed by atoms with van der Waals surface area (Å²) in [6, 6.07) is 8.92. The van der Waals surface area contributed by atoms with Crippen LogP contribution < -0.4 is 5.19 Å². The molecule has 1 rings (SSSR count). The largest absolute Gasteiger partial charge is 0.379 e. The lowest BCUT2D eigenvalue weighted by Crippen LogP contribution is -2.37. The zero-order valence-electron chi connectivity index (χ0n) is 19.0. The molecular formula is C25H42OSSi. The van der Waals surface area contributed by atoms with Gasteiger partial charge in [0.1, 0.15) is 0 Å². The second-order valence-electron chi connectivity index (χ2n) is 8.89. The summed E-state index contributed by atoms with van der Waals surface area (Å²) in [5.74, 6) is 9.22. The van der Waals surface area contributed by atoms with Gasteiger partial charge in [0.25, 0.3) is 0 Å². The van der Waals surface area contributed by atoms with Crippen molar-refractivity contribution in [3.63, 3.8) is 0 Å². The smallest absolute Gasteiger partial charge is 0.0775 e. The molecule has 3 heteroatoms. The van der Waals surface area contributed by atoms with Gasteiger partial charge in [-0.15, -0.1) is 0 Å². The van der Waals surface area contributed by atoms with Gasteiger partial charge in [-0.05, 0) is 56.7 Å². The van der Waals surface area contributed by atoms with Crippen LogP contribution in [-0.2, 0) is 4.74 Å². The molecule has 0 aliphatic rings. The summed E-state index contributed by atoms with van der Waals surface area (Å²) in [5, 5.41) is 1.51. The van der Waals surface area contributed by atoms with Crippen molar-refractivity contribution in [2.45, 2.75) is 91.0 Å². The normalized spacial score (nSPS) is 11.5. The highest BCUT2D eigenvalue weighted by atomic mass is 32.2. The fourth-order valence-electron chi connectivity index (χ4n) is 2.92. The third kappa shape index (κ3) is 13.5. The van der Waals surface area contributed by atoms with E-state index in [1.165, 1.54) is 61.6 Å². The quantitative estimate of drug-likeness (QED) is 0.185. The molecule has 0 aliphatic carbocycles. The van der Waals surface area contributed by atoms with Crippen molar-refractivity contribution in [3.8, 4) is 11.8 Å². The lowest BCUT2D eigenvalue weighted by molar-refractivity contribution is 0.0800. The average molecular weight is 419 g/mol. The predicted octanol–water partition coefficient (Wildman–Crippen LogP) is 6.86. The van der Waals surface area contributed by atoms with Crippen LogP contribution in [0.4, 0.5) is 0 Å². The molecule has 0 heterocycles. The minimum Gasteiger partial charge on any atom is -0.379 e. The van der Waals surface area contributed by atoms with Gasteiger partial charge >= 0.3 is 0 Å². The van der Waals surface area contributed by atoms with Gasteiger partial charge < -0.3 is 4.74 Å². The van der Waals surface area contributed by atoms with E-state index in [1.54, 1.807) is 0 Å². The Balaban J connectivity index is 1.94. The van der Waals surface area contributed by atoms with Gasteiger partial charge in [-0.25, -0.2) is 0 Å². The third-order valence-electron chi connectivity index (χ3n) is 4.71. The second-order valence-corrected chi connectivity index (χ2v) is 15.2. The molecule has 0 bridgehead atoms. The molecule has 0 unspecified atom stereocenters. The monoisotopic (exact) mass is 418 g/mol. The maximum atomic E-state index is 5.56. The van der Waals surface area contributed by atoms with Crippen LogP contribution in [0.2, 0.25) is 19.6 Å². The minimum absolute atomic E-state index is 0.373. The Kier molecular flexibility index (Phi) is 13.7. The van der Waals surface area contributed by atoms with E-state index in [-0.39, 0.29) is 0 Å². The SMILES string of the molecule is CC(C)OCCCSCCCCCCCCC#Cc1ccc([Si](C)(C)C)cc1. The van der Waals surface area contributed by atoms with Crippen LogP contribution in [0.5, 0.6) is 0 Å². The minimum atomic E-state index is -1.19. The highest BCUT2D eigenvalue weighted by Gasteiger charge is 2.15. The van der Waals surface area contributed by atoms with Crippen LogP contribution in [0.15, 0.2) is 24.3 Å². The van der Waals surface area contributed by atoms with Crippen molar-refractivity contribution < 1.29 is 4.74 Å². The zero-order chi connectivity index (χ0) is 20.7. The summed E-state index contributed by atoms with van der Waals surface area (Å²) < 4.78 is 5.56. The molecule has 0 saturated heterocycles. The van der Waals surface area contributed by atoms with Crippen molar-refractivity contribution in [3.05, 3.63) is 29.8 Å². The molecule has 0 spiro atoms. The number of benzene rings is 1. The summed E-state index contributed by atoms with van der Waals surface area (Å²) >= 11 is 2.08. The highest BCUT2D eigenvalue weighted by molar-refractivity contribution is 7.99. The summed E-state index contributed by atoms with van der Waals surface area (Å²) in [6.07, 6.45) is 10.6. The van der Waals surface area contributed by atoms with E-state index in [4.69, 9.17) is 4.74 Å². The van der Waals surface area contributed by atoms with E-state index < -0.39 is 8.07 Å². The van der Waals surface area contributed by atoms with Crippen LogP contribution in [0, 0.1) is 11.8 Å². The third-order valence-corrected chi connectivity index (χ3v) is 7.93. The van der Waals surface area contributed by atoms with Crippen LogP contribution in [0.25, 0.3) is 0 Å². The lowest BCUT2D eigenvalue weighted by atomic mass is 10.1. The van der Waals surface area contributed by atoms with Gasteiger partial charge in [-0.1, -0.05) is 74.5 Å². The molecule has 158 valence electrons. The van der Waals surface area contributed by atoms with Crippen molar-refractivity contribution >= 4 is 25.0 Å². The van der Waals surface area contributed by atoms with Crippen LogP contribution in [0.3, 0.4) is 0 Å². The van der Waals surface area contributed by atoms with E-state index in [1.807, 2.05) is 0 Å². The fraction of sp³-hybridized carbons (Fsp3) is 0.680. The Morgan fingerprint density at radius 3 is 2.11 bits per heavy atom. The van der Waals surface area contributed by atoms with Gasteiger partial charge in [-0.3, -0.25) is 0 Å². The average Bonchev–Trinajstić information content (AvgIpc) is 2.64. The van der Waals surface area contributed by atoms with Gasteiger partial charge in [0.15, 0.2) is 0 Å². The molecule has 0 fully saturated rings. The van der Waals surface area contributed by atoms with E-state index >= 15 is 0 Å². The van der Waals surface area contributed by atoms with Crippen LogP contribution in [0.1, 0.15) is 70.8 Å². The van der Waals surface area contributed by atoms with Crippen LogP contribution in [-0.4, -0.2) is 32.3 Å². The maximum Gasteiger partial charge on any atom is 0.0775 e. The first-order chi connectivity index (χ1) is 13.4. The first-order valence-corrected chi connectivity index (χ1v) is 15.8. The van der Waals surface area contributed by atoms with Gasteiger partial charge in [0.2, 0.25) is 0 Å². The first-order valence-electron chi connectivity index (χ1n) is 11.2. The van der Waals surface area contributed by atoms with E-state index in [2.05, 4.69) is 81.4 Å². The highest BCUT2D eigenvalue weighted by Crippen LogP contribution is 2.11. The standard InChI is InChI=1S/C25H42OSSi/c1-23(2)26-20-14-22-27-21-13-11-9-7-6-8-10-12-15-24-16-18-25(19-17-24)28(3,4)5/h16-19,23H,6-11,13-14,20-22H2,1-5H3. The molecule has 0 saturated carbocycles. The van der Waals surface area contributed by atoms with E-state index in [9.17, 15) is 0 Å². The van der Waals surface area contributed by atoms with Gasteiger partial charge in [-0.2, -0.15) is 11.8 Å². The Morgan fingerprint density at radius 2 is 1.46 bits per heavy atom. The molecule has 1 aromatic rings. The molecule has 1 nitrogen and oxygen atoms in total. The summed E-state index contributed by atoms with van der Waals surface area (Å²) in [6.45, 7) is 12.3. The summed E-state index contributed by atoms with van der Waals surface area (Å²) in [4.78, 5) is 0. The Hall–Kier alpha value is -0.693. The number of unbranched alkanes of at least 4 members (excludes halogenated alkanes) is 6. The molecule has 0 radical (unpaired) electrons. The molecule has 0 amide bonds. The van der Waals surface area contributed by atoms with Gasteiger partial charge in [0, 0.05) is 18.6 Å². The Morgan fingerprint density at radius 1 is 0.857 bits per heavy atom. The van der Waals surface area contributed by atoms with Crippen molar-refractivity contribution in [2.75, 3.05) is 18.1 Å². The van der Waals surface area contributed by atoms with Crippen molar-refractivity contribution in [2.24, 2.45) is 0 Å².